The summed E-state index contributed by atoms with van der Waals surface area (Å²) in [6.07, 6.45) is 1.72. The van der Waals surface area contributed by atoms with Crippen molar-refractivity contribution in [3.05, 3.63) is 28.7 Å². The van der Waals surface area contributed by atoms with E-state index < -0.39 is 0 Å². The number of hydrogen-bond donors (Lipinski definition) is 0. The molecule has 0 aliphatic rings. The summed E-state index contributed by atoms with van der Waals surface area (Å²) in [5.41, 5.74) is 0. The predicted octanol–water partition coefficient (Wildman–Crippen LogP) is 2.69. The quantitative estimate of drug-likeness (QED) is 0.841. The molecule has 0 fully saturated rings. The monoisotopic (exact) mass is 271 g/mol. The predicted molar refractivity (Wildman–Crippen MR) is 55.1 cm³/mol. The summed E-state index contributed by atoms with van der Waals surface area (Å²) in [5.74, 6) is 0.555. The van der Waals surface area contributed by atoms with Crippen molar-refractivity contribution in [1.82, 2.24) is 15.2 Å². The van der Waals surface area contributed by atoms with Crippen LogP contribution in [0.3, 0.4) is 0 Å². The zero-order valence-corrected chi connectivity index (χ0v) is 9.67. The highest BCUT2D eigenvalue weighted by Gasteiger charge is 2.08. The molecule has 72 valence electrons. The Kier molecular flexibility index (Phi) is 2.83. The highest BCUT2D eigenvalue weighted by atomic mass is 79.9. The highest BCUT2D eigenvalue weighted by molar-refractivity contribution is 9.10. The number of halogens is 1. The van der Waals surface area contributed by atoms with E-state index in [1.54, 1.807) is 13.1 Å². The van der Waals surface area contributed by atoms with Gasteiger partial charge in [0.1, 0.15) is 5.03 Å². The average molecular weight is 272 g/mol. The standard InChI is InChI=1S/C8H6BrN3OS/c1-5-11-12-8(13-5)14-7-6(9)3-2-4-10-7/h2-4H,1H3. The third kappa shape index (κ3) is 2.13. The minimum atomic E-state index is 0.502. The van der Waals surface area contributed by atoms with Crippen molar-refractivity contribution in [2.75, 3.05) is 0 Å². The molecule has 0 aliphatic carbocycles. The lowest BCUT2D eigenvalue weighted by molar-refractivity contribution is 0.429. The maximum atomic E-state index is 5.22. The summed E-state index contributed by atoms with van der Waals surface area (Å²) in [6, 6.07) is 3.77. The van der Waals surface area contributed by atoms with Gasteiger partial charge in [-0.15, -0.1) is 10.2 Å². The second-order valence-electron chi connectivity index (χ2n) is 2.48. The summed E-state index contributed by atoms with van der Waals surface area (Å²) in [5, 5.41) is 8.92. The van der Waals surface area contributed by atoms with Crippen molar-refractivity contribution in [2.24, 2.45) is 0 Å². The van der Waals surface area contributed by atoms with Gasteiger partial charge in [-0.25, -0.2) is 4.98 Å². The second-order valence-corrected chi connectivity index (χ2v) is 4.27. The number of hydrogen-bond acceptors (Lipinski definition) is 5. The first-order valence-electron chi connectivity index (χ1n) is 3.84. The Bertz CT molecular complexity index is 446. The van der Waals surface area contributed by atoms with Crippen LogP contribution in [0.25, 0.3) is 0 Å². The third-order valence-electron chi connectivity index (χ3n) is 1.42. The normalized spacial score (nSPS) is 10.4. The number of aromatic nitrogens is 3. The van der Waals surface area contributed by atoms with Crippen molar-refractivity contribution in [3.8, 4) is 0 Å². The van der Waals surface area contributed by atoms with Gasteiger partial charge < -0.3 is 4.42 Å². The average Bonchev–Trinajstić information content (AvgIpc) is 2.56. The molecule has 0 aliphatic heterocycles. The van der Waals surface area contributed by atoms with Gasteiger partial charge in [-0.1, -0.05) is 0 Å². The Balaban J connectivity index is 2.23. The fraction of sp³-hybridized carbons (Fsp3) is 0.125. The molecule has 0 unspecified atom stereocenters. The summed E-state index contributed by atoms with van der Waals surface area (Å²) < 4.78 is 6.14. The van der Waals surface area contributed by atoms with E-state index in [4.69, 9.17) is 4.42 Å². The molecule has 2 rings (SSSR count). The maximum Gasteiger partial charge on any atom is 0.282 e. The van der Waals surface area contributed by atoms with Crippen molar-refractivity contribution in [1.29, 1.82) is 0 Å². The van der Waals surface area contributed by atoms with Crippen LogP contribution in [0.1, 0.15) is 5.89 Å². The Morgan fingerprint density at radius 1 is 1.43 bits per heavy atom. The Morgan fingerprint density at radius 2 is 2.29 bits per heavy atom. The minimum Gasteiger partial charge on any atom is -0.416 e. The Morgan fingerprint density at radius 3 is 2.93 bits per heavy atom. The van der Waals surface area contributed by atoms with Crippen LogP contribution in [0.4, 0.5) is 0 Å². The van der Waals surface area contributed by atoms with Crippen LogP contribution in [0.2, 0.25) is 0 Å². The highest BCUT2D eigenvalue weighted by Crippen LogP contribution is 2.30. The first-order chi connectivity index (χ1) is 6.75. The van der Waals surface area contributed by atoms with Crippen LogP contribution in [0.15, 0.2) is 37.5 Å². The largest absolute Gasteiger partial charge is 0.416 e. The van der Waals surface area contributed by atoms with Crippen LogP contribution in [-0.2, 0) is 0 Å². The van der Waals surface area contributed by atoms with Crippen LogP contribution < -0.4 is 0 Å². The minimum absolute atomic E-state index is 0.502. The van der Waals surface area contributed by atoms with Gasteiger partial charge in [0.15, 0.2) is 0 Å². The Hall–Kier alpha value is -0.880. The lowest BCUT2D eigenvalue weighted by atomic mass is 10.5. The number of pyridine rings is 1. The van der Waals surface area contributed by atoms with E-state index in [1.807, 2.05) is 12.1 Å². The lowest BCUT2D eigenvalue weighted by Crippen LogP contribution is -1.80. The van der Waals surface area contributed by atoms with Crippen molar-refractivity contribution in [3.63, 3.8) is 0 Å². The summed E-state index contributed by atoms with van der Waals surface area (Å²) in [7, 11) is 0. The van der Waals surface area contributed by atoms with E-state index in [0.29, 0.717) is 11.1 Å². The zero-order chi connectivity index (χ0) is 9.97. The van der Waals surface area contributed by atoms with Gasteiger partial charge in [-0.2, -0.15) is 0 Å². The van der Waals surface area contributed by atoms with Crippen LogP contribution in [0.5, 0.6) is 0 Å². The van der Waals surface area contributed by atoms with Gasteiger partial charge in [0.25, 0.3) is 5.22 Å². The number of rotatable bonds is 2. The summed E-state index contributed by atoms with van der Waals surface area (Å²) >= 11 is 4.72. The molecule has 0 saturated heterocycles. The van der Waals surface area contributed by atoms with E-state index >= 15 is 0 Å². The van der Waals surface area contributed by atoms with Gasteiger partial charge in [0.05, 0.1) is 4.47 Å². The first kappa shape index (κ1) is 9.67. The number of aryl methyl sites for hydroxylation is 1. The molecule has 0 amide bonds. The van der Waals surface area contributed by atoms with Crippen LogP contribution >= 0.6 is 27.7 Å². The van der Waals surface area contributed by atoms with Gasteiger partial charge in [0, 0.05) is 13.1 Å². The molecule has 0 radical (unpaired) electrons. The van der Waals surface area contributed by atoms with E-state index in [9.17, 15) is 0 Å². The molecule has 0 spiro atoms. The van der Waals surface area contributed by atoms with E-state index in [2.05, 4.69) is 31.1 Å². The molecule has 4 nitrogen and oxygen atoms in total. The van der Waals surface area contributed by atoms with Crippen LogP contribution in [0, 0.1) is 6.92 Å². The fourth-order valence-corrected chi connectivity index (χ4v) is 2.03. The zero-order valence-electron chi connectivity index (χ0n) is 7.27. The van der Waals surface area contributed by atoms with E-state index in [-0.39, 0.29) is 0 Å². The first-order valence-corrected chi connectivity index (χ1v) is 5.45. The SMILES string of the molecule is Cc1nnc(Sc2ncccc2Br)o1. The molecular weight excluding hydrogens is 266 g/mol. The van der Waals surface area contributed by atoms with Gasteiger partial charge in [-0.3, -0.25) is 0 Å². The topological polar surface area (TPSA) is 51.8 Å². The Labute approximate surface area is 93.3 Å². The molecule has 2 aromatic heterocycles. The van der Waals surface area contributed by atoms with Gasteiger partial charge in [0.2, 0.25) is 5.89 Å². The second kappa shape index (κ2) is 4.10. The molecule has 0 saturated carbocycles. The fourth-order valence-electron chi connectivity index (χ4n) is 0.849. The molecular formula is C8H6BrN3OS. The van der Waals surface area contributed by atoms with Crippen LogP contribution in [-0.4, -0.2) is 15.2 Å². The molecule has 2 aromatic rings. The van der Waals surface area contributed by atoms with E-state index in [0.717, 1.165) is 9.50 Å². The number of nitrogens with zero attached hydrogens (tertiary/aromatic N) is 3. The third-order valence-corrected chi connectivity index (χ3v) is 3.18. The molecule has 14 heavy (non-hydrogen) atoms. The van der Waals surface area contributed by atoms with E-state index in [1.165, 1.54) is 11.8 Å². The molecule has 2 heterocycles. The summed E-state index contributed by atoms with van der Waals surface area (Å²) in [4.78, 5) is 4.17. The lowest BCUT2D eigenvalue weighted by Gasteiger charge is -1.97. The summed E-state index contributed by atoms with van der Waals surface area (Å²) in [6.45, 7) is 1.75. The maximum absolute atomic E-state index is 5.22. The van der Waals surface area contributed by atoms with Crippen molar-refractivity contribution in [2.45, 2.75) is 17.2 Å². The molecule has 0 N–H and O–H groups in total. The van der Waals surface area contributed by atoms with Crippen molar-refractivity contribution >= 4 is 27.7 Å². The van der Waals surface area contributed by atoms with Gasteiger partial charge in [-0.05, 0) is 39.8 Å². The molecule has 0 aromatic carbocycles. The molecule has 0 atom stereocenters. The molecule has 6 heteroatoms. The smallest absolute Gasteiger partial charge is 0.282 e. The van der Waals surface area contributed by atoms with Gasteiger partial charge >= 0.3 is 0 Å². The molecule has 0 bridgehead atoms. The van der Waals surface area contributed by atoms with Crippen molar-refractivity contribution < 1.29 is 4.42 Å².